The van der Waals surface area contributed by atoms with E-state index in [0.717, 1.165) is 0 Å². The standard InChI is InChI=1S/C5H5N3O/c6-1-5(2-7)3-8-4-9/h4-5H,3H2,(H,8,9). The van der Waals surface area contributed by atoms with Gasteiger partial charge < -0.3 is 5.32 Å². The van der Waals surface area contributed by atoms with Crippen LogP contribution < -0.4 is 5.32 Å². The zero-order valence-electron chi connectivity index (χ0n) is 4.66. The minimum atomic E-state index is -0.727. The first kappa shape index (κ1) is 7.45. The predicted molar refractivity (Wildman–Crippen MR) is 28.8 cm³/mol. The van der Waals surface area contributed by atoms with Gasteiger partial charge in [0.15, 0.2) is 5.92 Å². The number of hydrogen-bond donors (Lipinski definition) is 1. The highest BCUT2D eigenvalue weighted by atomic mass is 16.1. The Morgan fingerprint density at radius 2 is 2.11 bits per heavy atom. The summed E-state index contributed by atoms with van der Waals surface area (Å²) in [6.07, 6.45) is 0.460. The molecule has 0 saturated carbocycles. The average Bonchev–Trinajstić information content (AvgIpc) is 1.91. The number of nitrogens with zero attached hydrogens (tertiary/aromatic N) is 2. The van der Waals surface area contributed by atoms with E-state index in [0.29, 0.717) is 6.41 Å². The van der Waals surface area contributed by atoms with Crippen LogP contribution in [0.1, 0.15) is 0 Å². The van der Waals surface area contributed by atoms with E-state index in [1.807, 2.05) is 0 Å². The third-order valence-corrected chi connectivity index (χ3v) is 0.717. The summed E-state index contributed by atoms with van der Waals surface area (Å²) in [6, 6.07) is 3.41. The van der Waals surface area contributed by atoms with Crippen molar-refractivity contribution in [2.75, 3.05) is 6.54 Å². The van der Waals surface area contributed by atoms with E-state index in [4.69, 9.17) is 10.5 Å². The fourth-order valence-corrected chi connectivity index (χ4v) is 0.286. The van der Waals surface area contributed by atoms with Crippen LogP contribution in [0.5, 0.6) is 0 Å². The van der Waals surface area contributed by atoms with E-state index in [1.165, 1.54) is 0 Å². The molecule has 0 saturated heterocycles. The van der Waals surface area contributed by atoms with E-state index in [1.54, 1.807) is 12.1 Å². The molecule has 0 unspecified atom stereocenters. The third kappa shape index (κ3) is 3.07. The number of hydrogen-bond acceptors (Lipinski definition) is 3. The van der Waals surface area contributed by atoms with Crippen molar-refractivity contribution in [1.29, 1.82) is 10.5 Å². The highest BCUT2D eigenvalue weighted by Crippen LogP contribution is 1.85. The lowest BCUT2D eigenvalue weighted by Gasteiger charge is -1.93. The normalized spacial score (nSPS) is 7.44. The van der Waals surface area contributed by atoms with Crippen LogP contribution in [-0.2, 0) is 4.79 Å². The predicted octanol–water partition coefficient (Wildman–Crippen LogP) is -0.604. The summed E-state index contributed by atoms with van der Waals surface area (Å²) in [5.74, 6) is -0.727. The van der Waals surface area contributed by atoms with Gasteiger partial charge in [-0.05, 0) is 0 Å². The fourth-order valence-electron chi connectivity index (χ4n) is 0.286. The van der Waals surface area contributed by atoms with Crippen molar-refractivity contribution in [3.8, 4) is 12.1 Å². The van der Waals surface area contributed by atoms with Crippen molar-refractivity contribution in [3.63, 3.8) is 0 Å². The molecule has 0 bridgehead atoms. The summed E-state index contributed by atoms with van der Waals surface area (Å²) in [7, 11) is 0. The minimum absolute atomic E-state index is 0.108. The molecule has 0 radical (unpaired) electrons. The van der Waals surface area contributed by atoms with Crippen molar-refractivity contribution in [2.24, 2.45) is 5.92 Å². The molecule has 0 aromatic heterocycles. The molecule has 0 heterocycles. The summed E-state index contributed by atoms with van der Waals surface area (Å²) in [5, 5.41) is 18.5. The second-order valence-electron chi connectivity index (χ2n) is 1.34. The maximum absolute atomic E-state index is 9.61. The summed E-state index contributed by atoms with van der Waals surface area (Å²) in [6.45, 7) is 0.108. The number of amides is 1. The van der Waals surface area contributed by atoms with Gasteiger partial charge in [-0.15, -0.1) is 0 Å². The lowest BCUT2D eigenvalue weighted by Crippen LogP contribution is -2.18. The number of carbonyl (C=O) groups excluding carboxylic acids is 1. The molecule has 0 spiro atoms. The Morgan fingerprint density at radius 1 is 1.56 bits per heavy atom. The molecule has 9 heavy (non-hydrogen) atoms. The molecule has 0 aliphatic carbocycles. The molecule has 1 amide bonds. The summed E-state index contributed by atoms with van der Waals surface area (Å²) in [5.41, 5.74) is 0. The Hall–Kier alpha value is -1.55. The van der Waals surface area contributed by atoms with Gasteiger partial charge in [0.2, 0.25) is 6.41 Å². The second kappa shape index (κ2) is 4.61. The lowest BCUT2D eigenvalue weighted by atomic mass is 10.2. The first-order valence-corrected chi connectivity index (χ1v) is 2.31. The van der Waals surface area contributed by atoms with Gasteiger partial charge in [0.05, 0.1) is 12.1 Å². The molecular formula is C5H5N3O. The topological polar surface area (TPSA) is 76.7 Å². The van der Waals surface area contributed by atoms with E-state index in [-0.39, 0.29) is 6.54 Å². The highest BCUT2D eigenvalue weighted by molar-refractivity contribution is 5.46. The van der Waals surface area contributed by atoms with Crippen LogP contribution in [0.3, 0.4) is 0 Å². The van der Waals surface area contributed by atoms with Gasteiger partial charge >= 0.3 is 0 Å². The zero-order chi connectivity index (χ0) is 7.11. The molecule has 0 aliphatic rings. The Morgan fingerprint density at radius 3 is 2.44 bits per heavy atom. The molecule has 0 aromatic rings. The van der Waals surface area contributed by atoms with Crippen LogP contribution in [0, 0.1) is 28.6 Å². The van der Waals surface area contributed by atoms with Crippen LogP contribution in [0.2, 0.25) is 0 Å². The Bertz CT molecular complexity index is 150. The van der Waals surface area contributed by atoms with Crippen molar-refractivity contribution in [2.45, 2.75) is 0 Å². The van der Waals surface area contributed by atoms with Crippen molar-refractivity contribution >= 4 is 6.41 Å². The molecular weight excluding hydrogens is 118 g/mol. The Kier molecular flexibility index (Phi) is 3.81. The molecule has 4 heteroatoms. The van der Waals surface area contributed by atoms with Crippen LogP contribution in [-0.4, -0.2) is 13.0 Å². The first-order chi connectivity index (χ1) is 4.35. The van der Waals surface area contributed by atoms with Crippen molar-refractivity contribution in [1.82, 2.24) is 5.32 Å². The Labute approximate surface area is 52.7 Å². The second-order valence-corrected chi connectivity index (χ2v) is 1.34. The van der Waals surface area contributed by atoms with Crippen molar-refractivity contribution in [3.05, 3.63) is 0 Å². The van der Waals surface area contributed by atoms with Gasteiger partial charge in [-0.25, -0.2) is 0 Å². The average molecular weight is 123 g/mol. The number of nitriles is 2. The van der Waals surface area contributed by atoms with Gasteiger partial charge in [0, 0.05) is 6.54 Å². The van der Waals surface area contributed by atoms with Crippen LogP contribution in [0.15, 0.2) is 0 Å². The summed E-state index contributed by atoms with van der Waals surface area (Å²) >= 11 is 0. The summed E-state index contributed by atoms with van der Waals surface area (Å²) < 4.78 is 0. The van der Waals surface area contributed by atoms with Crippen LogP contribution in [0.4, 0.5) is 0 Å². The fraction of sp³-hybridized carbons (Fsp3) is 0.400. The largest absolute Gasteiger partial charge is 0.356 e. The number of nitrogens with one attached hydrogen (secondary N) is 1. The first-order valence-electron chi connectivity index (χ1n) is 2.31. The van der Waals surface area contributed by atoms with E-state index in [9.17, 15) is 4.79 Å². The smallest absolute Gasteiger partial charge is 0.207 e. The van der Waals surface area contributed by atoms with Gasteiger partial charge in [-0.2, -0.15) is 10.5 Å². The van der Waals surface area contributed by atoms with Gasteiger partial charge in [-0.1, -0.05) is 0 Å². The van der Waals surface area contributed by atoms with Crippen molar-refractivity contribution < 1.29 is 4.79 Å². The van der Waals surface area contributed by atoms with Gasteiger partial charge in [0.1, 0.15) is 0 Å². The SMILES string of the molecule is N#CC(C#N)CNC=O. The molecule has 0 aromatic carbocycles. The molecule has 0 rings (SSSR count). The highest BCUT2D eigenvalue weighted by Gasteiger charge is 2.01. The summed E-state index contributed by atoms with van der Waals surface area (Å²) in [4.78, 5) is 9.61. The third-order valence-electron chi connectivity index (χ3n) is 0.717. The molecule has 4 nitrogen and oxygen atoms in total. The lowest BCUT2D eigenvalue weighted by molar-refractivity contribution is -0.109. The molecule has 0 atom stereocenters. The molecule has 0 aliphatic heterocycles. The van der Waals surface area contributed by atoms with Gasteiger partial charge in [-0.3, -0.25) is 4.79 Å². The minimum Gasteiger partial charge on any atom is -0.356 e. The van der Waals surface area contributed by atoms with Gasteiger partial charge in [0.25, 0.3) is 0 Å². The number of carbonyl (C=O) groups is 1. The maximum atomic E-state index is 9.61. The Balaban J connectivity index is 3.50. The van der Waals surface area contributed by atoms with E-state index < -0.39 is 5.92 Å². The molecule has 46 valence electrons. The van der Waals surface area contributed by atoms with Crippen LogP contribution in [0.25, 0.3) is 0 Å². The molecule has 0 fully saturated rings. The van der Waals surface area contributed by atoms with E-state index >= 15 is 0 Å². The monoisotopic (exact) mass is 123 g/mol. The van der Waals surface area contributed by atoms with E-state index in [2.05, 4.69) is 5.32 Å². The number of rotatable bonds is 3. The maximum Gasteiger partial charge on any atom is 0.207 e. The molecule has 1 N–H and O–H groups in total. The zero-order valence-corrected chi connectivity index (χ0v) is 4.66. The quantitative estimate of drug-likeness (QED) is 0.509. The van der Waals surface area contributed by atoms with Crippen LogP contribution >= 0.6 is 0 Å².